The molecule has 1 amide bonds. The monoisotopic (exact) mass is 385 g/mol. The molecule has 0 fully saturated rings. The van der Waals surface area contributed by atoms with Crippen LogP contribution in [0.4, 0.5) is 4.79 Å². The normalized spacial score (nSPS) is 11.6. The summed E-state index contributed by atoms with van der Waals surface area (Å²) in [6.45, 7) is 5.57. The molecule has 0 saturated heterocycles. The first-order valence-electron chi connectivity index (χ1n) is 7.76. The average Bonchev–Trinajstić information content (AvgIpc) is 3.03. The van der Waals surface area contributed by atoms with E-state index in [2.05, 4.69) is 5.10 Å². The van der Waals surface area contributed by atoms with Crippen LogP contribution in [0.25, 0.3) is 0 Å². The van der Waals surface area contributed by atoms with E-state index >= 15 is 0 Å². The summed E-state index contributed by atoms with van der Waals surface area (Å²) in [5.74, 6) is 0. The summed E-state index contributed by atoms with van der Waals surface area (Å²) in [7, 11) is -4.03. The van der Waals surface area contributed by atoms with Crippen molar-refractivity contribution in [3.63, 3.8) is 0 Å². The Morgan fingerprint density at radius 3 is 2.52 bits per heavy atom. The van der Waals surface area contributed by atoms with Crippen LogP contribution in [-0.2, 0) is 16.4 Å². The van der Waals surface area contributed by atoms with Crippen LogP contribution < -0.4 is 0 Å². The molecule has 0 aliphatic carbocycles. The van der Waals surface area contributed by atoms with Crippen LogP contribution in [0.3, 0.4) is 0 Å². The smallest absolute Gasteiger partial charge is 0.344 e. The standard InChI is InChI=1S/C16H20ClN3O4S/c1-4-19(5-2)16(22)20-9-12(10-21)15(18-20)25(23,24)14-8-6-7-13(17)11(14)3/h6-9,21H,4-5,10H2,1-3H3. The van der Waals surface area contributed by atoms with Crippen molar-refractivity contribution in [1.82, 2.24) is 14.7 Å². The molecule has 0 spiro atoms. The van der Waals surface area contributed by atoms with Gasteiger partial charge in [-0.25, -0.2) is 13.2 Å². The minimum Gasteiger partial charge on any atom is -0.392 e. The molecule has 0 radical (unpaired) electrons. The van der Waals surface area contributed by atoms with Crippen LogP contribution in [-0.4, -0.2) is 47.3 Å². The highest BCUT2D eigenvalue weighted by atomic mass is 35.5. The molecular formula is C16H20ClN3O4S. The number of hydrogen-bond acceptors (Lipinski definition) is 5. The van der Waals surface area contributed by atoms with Crippen LogP contribution in [0.15, 0.2) is 34.3 Å². The number of rotatable bonds is 5. The largest absolute Gasteiger partial charge is 0.392 e. The predicted octanol–water partition coefficient (Wildman–Crippen LogP) is 2.48. The quantitative estimate of drug-likeness (QED) is 0.853. The second-order valence-electron chi connectivity index (χ2n) is 5.38. The van der Waals surface area contributed by atoms with Crippen molar-refractivity contribution in [1.29, 1.82) is 0 Å². The second-order valence-corrected chi connectivity index (χ2v) is 7.62. The zero-order valence-electron chi connectivity index (χ0n) is 14.2. The van der Waals surface area contributed by atoms with E-state index < -0.39 is 22.5 Å². The Hall–Kier alpha value is -1.90. The number of aliphatic hydroxyl groups excluding tert-OH is 1. The number of aliphatic hydroxyl groups is 1. The van der Waals surface area contributed by atoms with Crippen LogP contribution in [0, 0.1) is 6.92 Å². The Kier molecular flexibility index (Phi) is 5.87. The number of carbonyl (C=O) groups is 1. The molecule has 2 aromatic rings. The van der Waals surface area contributed by atoms with Gasteiger partial charge < -0.3 is 10.0 Å². The summed E-state index contributed by atoms with van der Waals surface area (Å²) in [6, 6.07) is 4.08. The van der Waals surface area contributed by atoms with Crippen molar-refractivity contribution < 1.29 is 18.3 Å². The Labute approximate surface area is 151 Å². The van der Waals surface area contributed by atoms with Crippen molar-refractivity contribution >= 4 is 27.5 Å². The maximum atomic E-state index is 13.0. The van der Waals surface area contributed by atoms with Gasteiger partial charge in [0.25, 0.3) is 0 Å². The van der Waals surface area contributed by atoms with E-state index in [1.54, 1.807) is 13.0 Å². The first-order valence-corrected chi connectivity index (χ1v) is 9.62. The van der Waals surface area contributed by atoms with Crippen molar-refractivity contribution in [3.8, 4) is 0 Å². The van der Waals surface area contributed by atoms with E-state index in [1.807, 2.05) is 13.8 Å². The molecule has 0 atom stereocenters. The minimum absolute atomic E-state index is 0.00441. The van der Waals surface area contributed by atoms with Crippen molar-refractivity contribution in [2.45, 2.75) is 37.3 Å². The highest BCUT2D eigenvalue weighted by Gasteiger charge is 2.29. The van der Waals surface area contributed by atoms with Gasteiger partial charge in [0.1, 0.15) is 0 Å². The lowest BCUT2D eigenvalue weighted by Crippen LogP contribution is -2.34. The molecule has 25 heavy (non-hydrogen) atoms. The number of benzene rings is 1. The van der Waals surface area contributed by atoms with Gasteiger partial charge in [-0.2, -0.15) is 9.78 Å². The van der Waals surface area contributed by atoms with Gasteiger partial charge in [0.2, 0.25) is 9.84 Å². The van der Waals surface area contributed by atoms with E-state index in [0.717, 1.165) is 4.68 Å². The molecule has 0 bridgehead atoms. The van der Waals surface area contributed by atoms with Gasteiger partial charge in [0, 0.05) is 29.9 Å². The van der Waals surface area contributed by atoms with E-state index in [9.17, 15) is 18.3 Å². The molecule has 136 valence electrons. The second kappa shape index (κ2) is 7.55. The number of halogens is 1. The molecule has 0 aliphatic rings. The van der Waals surface area contributed by atoms with E-state index in [4.69, 9.17) is 11.6 Å². The molecule has 9 heteroatoms. The molecular weight excluding hydrogens is 366 g/mol. The molecule has 0 aliphatic heterocycles. The van der Waals surface area contributed by atoms with E-state index in [1.165, 1.54) is 23.2 Å². The lowest BCUT2D eigenvalue weighted by molar-refractivity contribution is 0.201. The topological polar surface area (TPSA) is 92.5 Å². The molecule has 2 rings (SSSR count). The van der Waals surface area contributed by atoms with Crippen LogP contribution in [0.2, 0.25) is 5.02 Å². The van der Waals surface area contributed by atoms with E-state index in [-0.39, 0.29) is 15.5 Å². The summed E-state index contributed by atoms with van der Waals surface area (Å²) in [5.41, 5.74) is 0.442. The molecule has 0 unspecified atom stereocenters. The van der Waals surface area contributed by atoms with Crippen molar-refractivity contribution in [3.05, 3.63) is 40.5 Å². The fourth-order valence-corrected chi connectivity index (χ4v) is 4.32. The molecule has 0 saturated carbocycles. The van der Waals surface area contributed by atoms with Gasteiger partial charge in [0.05, 0.1) is 11.5 Å². The molecule has 7 nitrogen and oxygen atoms in total. The Balaban J connectivity index is 2.59. The molecule has 1 heterocycles. The van der Waals surface area contributed by atoms with Gasteiger partial charge in [-0.05, 0) is 38.5 Å². The fraction of sp³-hybridized carbons (Fsp3) is 0.375. The zero-order chi connectivity index (χ0) is 18.8. The van der Waals surface area contributed by atoms with Crippen molar-refractivity contribution in [2.24, 2.45) is 0 Å². The number of nitrogens with zero attached hydrogens (tertiary/aromatic N) is 3. The highest BCUT2D eigenvalue weighted by molar-refractivity contribution is 7.91. The Morgan fingerprint density at radius 1 is 1.32 bits per heavy atom. The van der Waals surface area contributed by atoms with Crippen molar-refractivity contribution in [2.75, 3.05) is 13.1 Å². The molecule has 1 aromatic carbocycles. The highest BCUT2D eigenvalue weighted by Crippen LogP contribution is 2.29. The third-order valence-electron chi connectivity index (χ3n) is 3.91. The van der Waals surface area contributed by atoms with Gasteiger partial charge in [-0.3, -0.25) is 0 Å². The summed E-state index contributed by atoms with van der Waals surface area (Å²) in [4.78, 5) is 13.9. The van der Waals surface area contributed by atoms with E-state index in [0.29, 0.717) is 23.7 Å². The predicted molar refractivity (Wildman–Crippen MR) is 93.5 cm³/mol. The summed E-state index contributed by atoms with van der Waals surface area (Å²) < 4.78 is 26.9. The SMILES string of the molecule is CCN(CC)C(=O)n1cc(CO)c(S(=O)(=O)c2cccc(Cl)c2C)n1. The minimum atomic E-state index is -4.03. The summed E-state index contributed by atoms with van der Waals surface area (Å²) in [6.07, 6.45) is 1.24. The van der Waals surface area contributed by atoms with Gasteiger partial charge in [-0.1, -0.05) is 17.7 Å². The van der Waals surface area contributed by atoms with Gasteiger partial charge >= 0.3 is 6.03 Å². The summed E-state index contributed by atoms with van der Waals surface area (Å²) >= 11 is 6.02. The van der Waals surface area contributed by atoms with Gasteiger partial charge in [0.15, 0.2) is 5.03 Å². The Bertz CT molecular complexity index is 889. The van der Waals surface area contributed by atoms with Gasteiger partial charge in [-0.15, -0.1) is 0 Å². The fourth-order valence-electron chi connectivity index (χ4n) is 2.45. The average molecular weight is 386 g/mol. The van der Waals surface area contributed by atoms with Crippen LogP contribution >= 0.6 is 11.6 Å². The lowest BCUT2D eigenvalue weighted by Gasteiger charge is -2.17. The maximum absolute atomic E-state index is 13.0. The number of sulfone groups is 1. The molecule has 1 aromatic heterocycles. The first-order chi connectivity index (χ1) is 11.8. The lowest BCUT2D eigenvalue weighted by atomic mass is 10.2. The van der Waals surface area contributed by atoms with Crippen LogP contribution in [0.1, 0.15) is 25.0 Å². The first kappa shape index (κ1) is 19.4. The van der Waals surface area contributed by atoms with Crippen LogP contribution in [0.5, 0.6) is 0 Å². The number of carbonyl (C=O) groups excluding carboxylic acids is 1. The summed E-state index contributed by atoms with van der Waals surface area (Å²) in [5, 5.41) is 13.4. The number of hydrogen-bond donors (Lipinski definition) is 1. The molecule has 1 N–H and O–H groups in total. The Morgan fingerprint density at radius 2 is 1.96 bits per heavy atom. The maximum Gasteiger partial charge on any atom is 0.344 e. The third kappa shape index (κ3) is 3.56. The third-order valence-corrected chi connectivity index (χ3v) is 6.20. The number of aromatic nitrogens is 2. The zero-order valence-corrected chi connectivity index (χ0v) is 15.8. The number of amides is 1.